The second-order valence-electron chi connectivity index (χ2n) is 2.65. The van der Waals surface area contributed by atoms with Crippen LogP contribution >= 0.6 is 11.8 Å². The van der Waals surface area contributed by atoms with Crippen LogP contribution in [0, 0.1) is 0 Å². The van der Waals surface area contributed by atoms with Crippen LogP contribution in [0.1, 0.15) is 13.3 Å². The molecule has 0 aromatic carbocycles. The molecule has 12 heavy (non-hydrogen) atoms. The SMILES string of the molecule is CC1CC(NS(=O)(=O)[O-])CS1.[Na+]. The largest absolute Gasteiger partial charge is 1.00 e. The molecule has 1 saturated heterocycles. The molecule has 1 N–H and O–H groups in total. The Hall–Kier alpha value is 1.22. The molecule has 0 bridgehead atoms. The van der Waals surface area contributed by atoms with E-state index in [1.165, 1.54) is 0 Å². The van der Waals surface area contributed by atoms with Gasteiger partial charge in [0.2, 0.25) is 0 Å². The van der Waals surface area contributed by atoms with Crippen molar-refractivity contribution in [2.24, 2.45) is 0 Å². The second-order valence-corrected chi connectivity index (χ2v) is 5.26. The number of hydrogen-bond acceptors (Lipinski definition) is 4. The van der Waals surface area contributed by atoms with Crippen molar-refractivity contribution in [3.05, 3.63) is 0 Å². The van der Waals surface area contributed by atoms with E-state index in [1.54, 1.807) is 11.8 Å². The van der Waals surface area contributed by atoms with Gasteiger partial charge in [-0.15, -0.1) is 0 Å². The van der Waals surface area contributed by atoms with Gasteiger partial charge in [-0.05, 0) is 6.42 Å². The Morgan fingerprint density at radius 2 is 2.17 bits per heavy atom. The number of nitrogens with one attached hydrogen (secondary N) is 1. The third-order valence-electron chi connectivity index (χ3n) is 1.51. The van der Waals surface area contributed by atoms with E-state index in [9.17, 15) is 13.0 Å². The van der Waals surface area contributed by atoms with E-state index in [0.29, 0.717) is 11.0 Å². The topological polar surface area (TPSA) is 69.2 Å². The fraction of sp³-hybridized carbons (Fsp3) is 1.00. The Morgan fingerprint density at radius 1 is 1.58 bits per heavy atom. The van der Waals surface area contributed by atoms with E-state index in [-0.39, 0.29) is 35.6 Å². The molecule has 0 aromatic rings. The predicted octanol–water partition coefficient (Wildman–Crippen LogP) is -3.07. The van der Waals surface area contributed by atoms with Crippen molar-refractivity contribution >= 4 is 22.1 Å². The molecule has 0 amide bonds. The molecule has 0 spiro atoms. The van der Waals surface area contributed by atoms with Crippen LogP contribution in [0.5, 0.6) is 0 Å². The smallest absolute Gasteiger partial charge is 0.735 e. The monoisotopic (exact) mass is 219 g/mol. The fourth-order valence-corrected chi connectivity index (χ4v) is 2.95. The molecule has 1 aliphatic rings. The number of rotatable bonds is 2. The van der Waals surface area contributed by atoms with E-state index in [1.807, 2.05) is 11.6 Å². The van der Waals surface area contributed by atoms with Gasteiger partial charge in [-0.2, -0.15) is 11.8 Å². The summed E-state index contributed by atoms with van der Waals surface area (Å²) in [6.45, 7) is 2.02. The molecule has 1 rings (SSSR count). The average Bonchev–Trinajstić information content (AvgIpc) is 2.10. The van der Waals surface area contributed by atoms with Crippen LogP contribution in [0.25, 0.3) is 0 Å². The summed E-state index contributed by atoms with van der Waals surface area (Å²) in [7, 11) is -4.24. The summed E-state index contributed by atoms with van der Waals surface area (Å²) in [5.41, 5.74) is 0. The van der Waals surface area contributed by atoms with E-state index in [2.05, 4.69) is 0 Å². The maximum atomic E-state index is 10.2. The predicted molar refractivity (Wildman–Crippen MR) is 43.2 cm³/mol. The van der Waals surface area contributed by atoms with Crippen molar-refractivity contribution in [1.82, 2.24) is 4.72 Å². The van der Waals surface area contributed by atoms with Gasteiger partial charge in [0.15, 0.2) is 10.3 Å². The van der Waals surface area contributed by atoms with Crippen LogP contribution in [0.3, 0.4) is 0 Å². The van der Waals surface area contributed by atoms with Crippen molar-refractivity contribution in [1.29, 1.82) is 0 Å². The number of hydrogen-bond donors (Lipinski definition) is 1. The molecule has 1 aliphatic heterocycles. The molecule has 2 unspecified atom stereocenters. The molecule has 0 saturated carbocycles. The molecular formula is C5H10NNaO3S2. The van der Waals surface area contributed by atoms with Crippen molar-refractivity contribution in [3.8, 4) is 0 Å². The summed E-state index contributed by atoms with van der Waals surface area (Å²) in [6, 6.07) is -0.155. The first-order valence-corrected chi connectivity index (χ1v) is 5.78. The molecule has 0 aliphatic carbocycles. The van der Waals surface area contributed by atoms with Crippen molar-refractivity contribution in [2.45, 2.75) is 24.6 Å². The van der Waals surface area contributed by atoms with Crippen LogP contribution in [-0.4, -0.2) is 30.0 Å². The fourth-order valence-electron chi connectivity index (χ4n) is 1.10. The minimum atomic E-state index is -4.24. The van der Waals surface area contributed by atoms with Gasteiger partial charge >= 0.3 is 29.6 Å². The van der Waals surface area contributed by atoms with E-state index in [0.717, 1.165) is 6.42 Å². The third-order valence-corrected chi connectivity index (χ3v) is 3.49. The van der Waals surface area contributed by atoms with Gasteiger partial charge in [-0.25, -0.2) is 13.1 Å². The zero-order chi connectivity index (χ0) is 8.48. The quantitative estimate of drug-likeness (QED) is 0.395. The minimum Gasteiger partial charge on any atom is -0.735 e. The van der Waals surface area contributed by atoms with Crippen LogP contribution in [-0.2, 0) is 10.3 Å². The molecule has 0 radical (unpaired) electrons. The Bertz CT molecular complexity index is 231. The molecular weight excluding hydrogens is 209 g/mol. The summed E-state index contributed by atoms with van der Waals surface area (Å²) in [4.78, 5) is 0. The van der Waals surface area contributed by atoms with Gasteiger partial charge in [-0.3, -0.25) is 0 Å². The maximum Gasteiger partial charge on any atom is 1.00 e. The minimum absolute atomic E-state index is 0. The molecule has 0 aromatic heterocycles. The van der Waals surface area contributed by atoms with Crippen LogP contribution < -0.4 is 34.3 Å². The van der Waals surface area contributed by atoms with Gasteiger partial charge in [0.05, 0.1) is 0 Å². The third kappa shape index (κ3) is 5.06. The van der Waals surface area contributed by atoms with Crippen LogP contribution in [0.4, 0.5) is 0 Å². The zero-order valence-corrected chi connectivity index (χ0v) is 10.7. The standard InChI is InChI=1S/C5H11NO3S2.Na/c1-4-2-5(3-10-4)6-11(7,8)9;/h4-6H,2-3H2,1H3,(H,7,8,9);/q;+1/p-1. The molecule has 7 heteroatoms. The summed E-state index contributed by atoms with van der Waals surface area (Å²) < 4.78 is 32.7. The van der Waals surface area contributed by atoms with Gasteiger partial charge in [0.25, 0.3) is 0 Å². The summed E-state index contributed by atoms with van der Waals surface area (Å²) in [6.07, 6.45) is 0.756. The molecule has 1 heterocycles. The number of thioether (sulfide) groups is 1. The molecule has 1 fully saturated rings. The summed E-state index contributed by atoms with van der Waals surface area (Å²) in [5.74, 6) is 0.711. The van der Waals surface area contributed by atoms with Gasteiger partial charge in [0.1, 0.15) is 0 Å². The van der Waals surface area contributed by atoms with Crippen molar-refractivity contribution in [2.75, 3.05) is 5.75 Å². The Morgan fingerprint density at radius 3 is 2.50 bits per heavy atom. The van der Waals surface area contributed by atoms with Gasteiger partial charge in [0, 0.05) is 17.0 Å². The van der Waals surface area contributed by atoms with Gasteiger partial charge in [-0.1, -0.05) is 6.92 Å². The van der Waals surface area contributed by atoms with E-state index >= 15 is 0 Å². The molecule has 66 valence electrons. The Balaban J connectivity index is 0.00000121. The van der Waals surface area contributed by atoms with Crippen LogP contribution in [0.15, 0.2) is 0 Å². The van der Waals surface area contributed by atoms with E-state index < -0.39 is 10.3 Å². The van der Waals surface area contributed by atoms with Crippen molar-refractivity contribution < 1.29 is 42.5 Å². The maximum absolute atomic E-state index is 10.2. The first-order valence-electron chi connectivity index (χ1n) is 3.32. The normalized spacial score (nSPS) is 29.8. The molecule has 2 atom stereocenters. The molecule has 4 nitrogen and oxygen atoms in total. The Kier molecular flexibility index (Phi) is 5.72. The van der Waals surface area contributed by atoms with Gasteiger partial charge < -0.3 is 4.55 Å². The summed E-state index contributed by atoms with van der Waals surface area (Å²) >= 11 is 1.68. The van der Waals surface area contributed by atoms with E-state index in [4.69, 9.17) is 0 Å². The first kappa shape index (κ1) is 13.2. The second kappa shape index (κ2) is 5.19. The van der Waals surface area contributed by atoms with Crippen molar-refractivity contribution in [3.63, 3.8) is 0 Å². The first-order chi connectivity index (χ1) is 4.97. The van der Waals surface area contributed by atoms with Crippen LogP contribution in [0.2, 0.25) is 0 Å². The zero-order valence-electron chi connectivity index (χ0n) is 7.11. The summed E-state index contributed by atoms with van der Waals surface area (Å²) in [5, 5.41) is 0.453. The Labute approximate surface area is 99.0 Å². The average molecular weight is 219 g/mol.